The zero-order valence-corrected chi connectivity index (χ0v) is 18.3. The molecule has 0 radical (unpaired) electrons. The maximum atomic E-state index is 5.61. The van der Waals surface area contributed by atoms with Gasteiger partial charge >= 0.3 is 0 Å². The quantitative estimate of drug-likeness (QED) is 0.228. The van der Waals surface area contributed by atoms with Crippen molar-refractivity contribution in [2.45, 2.75) is 40.3 Å². The topological polar surface area (TPSA) is 54.9 Å². The highest BCUT2D eigenvalue weighted by molar-refractivity contribution is 14.0. The lowest BCUT2D eigenvalue weighted by Crippen LogP contribution is -2.39. The van der Waals surface area contributed by atoms with Gasteiger partial charge < -0.3 is 20.1 Å². The fourth-order valence-electron chi connectivity index (χ4n) is 2.08. The van der Waals surface area contributed by atoms with Gasteiger partial charge in [0.25, 0.3) is 0 Å². The largest absolute Gasteiger partial charge is 0.380 e. The molecule has 6 heteroatoms. The zero-order valence-electron chi connectivity index (χ0n) is 16.0. The van der Waals surface area contributed by atoms with Crippen molar-refractivity contribution in [2.24, 2.45) is 10.9 Å². The first kappa shape index (κ1) is 24.1. The van der Waals surface area contributed by atoms with E-state index in [4.69, 9.17) is 9.47 Å². The van der Waals surface area contributed by atoms with Crippen molar-refractivity contribution < 1.29 is 9.47 Å². The van der Waals surface area contributed by atoms with Crippen molar-refractivity contribution in [1.29, 1.82) is 0 Å². The summed E-state index contributed by atoms with van der Waals surface area (Å²) in [5.41, 5.74) is 2.36. The fraction of sp³-hybridized carbons (Fsp3) is 0.632. The number of hydrogen-bond donors (Lipinski definition) is 2. The van der Waals surface area contributed by atoms with E-state index in [2.05, 4.69) is 60.7 Å². The molecule has 1 aromatic rings. The van der Waals surface area contributed by atoms with Gasteiger partial charge in [-0.15, -0.1) is 24.0 Å². The molecule has 0 saturated carbocycles. The molecule has 5 nitrogen and oxygen atoms in total. The van der Waals surface area contributed by atoms with Gasteiger partial charge in [0.15, 0.2) is 5.96 Å². The third-order valence-corrected chi connectivity index (χ3v) is 3.48. The second kappa shape index (κ2) is 15.4. The van der Waals surface area contributed by atoms with Crippen molar-refractivity contribution >= 4 is 29.9 Å². The first-order valence-electron chi connectivity index (χ1n) is 8.82. The van der Waals surface area contributed by atoms with E-state index in [0.29, 0.717) is 25.7 Å². The van der Waals surface area contributed by atoms with Crippen LogP contribution in [0.2, 0.25) is 0 Å². The zero-order chi connectivity index (χ0) is 17.6. The smallest absolute Gasteiger partial charge is 0.191 e. The van der Waals surface area contributed by atoms with Gasteiger partial charge in [0.05, 0.1) is 19.8 Å². The Kier molecular flexibility index (Phi) is 14.9. The SMILES string of the molecule is CCNC(=NCc1ccc(COC)cc1)NCCOCCC(C)C.I. The van der Waals surface area contributed by atoms with Crippen LogP contribution in [0.4, 0.5) is 0 Å². The van der Waals surface area contributed by atoms with Crippen LogP contribution in [0.5, 0.6) is 0 Å². The number of benzene rings is 1. The van der Waals surface area contributed by atoms with Crippen LogP contribution in [0.15, 0.2) is 29.3 Å². The van der Waals surface area contributed by atoms with Crippen LogP contribution in [0.25, 0.3) is 0 Å². The second-order valence-corrected chi connectivity index (χ2v) is 6.17. The van der Waals surface area contributed by atoms with Crippen molar-refractivity contribution in [3.63, 3.8) is 0 Å². The summed E-state index contributed by atoms with van der Waals surface area (Å²) in [6, 6.07) is 8.35. The number of guanidine groups is 1. The van der Waals surface area contributed by atoms with Crippen LogP contribution in [-0.4, -0.2) is 39.4 Å². The predicted molar refractivity (Wildman–Crippen MR) is 116 cm³/mol. The summed E-state index contributed by atoms with van der Waals surface area (Å²) in [6.45, 7) is 10.9. The van der Waals surface area contributed by atoms with E-state index in [1.165, 1.54) is 11.1 Å². The van der Waals surface area contributed by atoms with E-state index in [1.54, 1.807) is 7.11 Å². The van der Waals surface area contributed by atoms with E-state index in [-0.39, 0.29) is 24.0 Å². The molecule has 1 aromatic carbocycles. The van der Waals surface area contributed by atoms with E-state index in [9.17, 15) is 0 Å². The standard InChI is InChI=1S/C19H33N3O2.HI/c1-5-20-19(21-11-13-24-12-10-16(2)3)22-14-17-6-8-18(9-7-17)15-23-4;/h6-9,16H,5,10-15H2,1-4H3,(H2,20,21,22);1H. The molecular formula is C19H34IN3O2. The third-order valence-electron chi connectivity index (χ3n) is 3.48. The Balaban J connectivity index is 0.00000576. The van der Waals surface area contributed by atoms with Crippen LogP contribution in [0.3, 0.4) is 0 Å². The highest BCUT2D eigenvalue weighted by atomic mass is 127. The number of hydrogen-bond acceptors (Lipinski definition) is 3. The molecule has 0 unspecified atom stereocenters. The molecule has 2 N–H and O–H groups in total. The molecule has 0 bridgehead atoms. The van der Waals surface area contributed by atoms with Gasteiger partial charge in [-0.05, 0) is 30.4 Å². The Morgan fingerprint density at radius 1 is 1.08 bits per heavy atom. The Morgan fingerprint density at radius 3 is 2.36 bits per heavy atom. The van der Waals surface area contributed by atoms with Gasteiger partial charge in [-0.3, -0.25) is 0 Å². The van der Waals surface area contributed by atoms with Gasteiger partial charge in [-0.25, -0.2) is 4.99 Å². The maximum absolute atomic E-state index is 5.61. The highest BCUT2D eigenvalue weighted by Crippen LogP contribution is 2.06. The summed E-state index contributed by atoms with van der Waals surface area (Å²) in [4.78, 5) is 4.61. The van der Waals surface area contributed by atoms with Gasteiger partial charge in [-0.2, -0.15) is 0 Å². The fourth-order valence-corrected chi connectivity index (χ4v) is 2.08. The van der Waals surface area contributed by atoms with E-state index in [0.717, 1.165) is 32.1 Å². The molecule has 0 aliphatic rings. The lowest BCUT2D eigenvalue weighted by atomic mass is 10.1. The summed E-state index contributed by atoms with van der Waals surface area (Å²) in [5, 5.41) is 6.56. The van der Waals surface area contributed by atoms with Crippen molar-refractivity contribution in [1.82, 2.24) is 10.6 Å². The Bertz CT molecular complexity index is 464. The van der Waals surface area contributed by atoms with Gasteiger partial charge in [0.1, 0.15) is 0 Å². The maximum Gasteiger partial charge on any atom is 0.191 e. The molecule has 0 atom stereocenters. The minimum atomic E-state index is 0. The predicted octanol–water partition coefficient (Wildman–Crippen LogP) is 3.57. The number of methoxy groups -OCH3 is 1. The van der Waals surface area contributed by atoms with Gasteiger partial charge in [-0.1, -0.05) is 38.1 Å². The first-order chi connectivity index (χ1) is 11.7. The van der Waals surface area contributed by atoms with E-state index >= 15 is 0 Å². The number of nitrogens with zero attached hydrogens (tertiary/aromatic N) is 1. The summed E-state index contributed by atoms with van der Waals surface area (Å²) >= 11 is 0. The average molecular weight is 463 g/mol. The van der Waals surface area contributed by atoms with Crippen LogP contribution >= 0.6 is 24.0 Å². The lowest BCUT2D eigenvalue weighted by Gasteiger charge is -2.12. The molecule has 0 aliphatic carbocycles. The Hall–Kier alpha value is -0.860. The van der Waals surface area contributed by atoms with Gasteiger partial charge in [0, 0.05) is 26.8 Å². The molecule has 0 heterocycles. The summed E-state index contributed by atoms with van der Waals surface area (Å²) < 4.78 is 10.7. The van der Waals surface area contributed by atoms with Crippen molar-refractivity contribution in [2.75, 3.05) is 33.4 Å². The lowest BCUT2D eigenvalue weighted by molar-refractivity contribution is 0.128. The van der Waals surface area contributed by atoms with Crippen LogP contribution in [0.1, 0.15) is 38.3 Å². The van der Waals surface area contributed by atoms with E-state index < -0.39 is 0 Å². The number of halogens is 1. The Morgan fingerprint density at radius 2 is 1.76 bits per heavy atom. The van der Waals surface area contributed by atoms with Crippen LogP contribution < -0.4 is 10.6 Å². The molecule has 0 saturated heterocycles. The second-order valence-electron chi connectivity index (χ2n) is 6.17. The highest BCUT2D eigenvalue weighted by Gasteiger charge is 1.99. The van der Waals surface area contributed by atoms with E-state index in [1.807, 2.05) is 0 Å². The monoisotopic (exact) mass is 463 g/mol. The molecule has 0 fully saturated rings. The molecule has 0 aromatic heterocycles. The van der Waals surface area contributed by atoms with Crippen LogP contribution in [-0.2, 0) is 22.6 Å². The number of ether oxygens (including phenoxy) is 2. The van der Waals surface area contributed by atoms with Crippen molar-refractivity contribution in [3.05, 3.63) is 35.4 Å². The third kappa shape index (κ3) is 12.2. The number of rotatable bonds is 11. The molecule has 0 spiro atoms. The summed E-state index contributed by atoms with van der Waals surface area (Å²) in [6.07, 6.45) is 1.10. The molecule has 1 rings (SSSR count). The molecule has 25 heavy (non-hydrogen) atoms. The first-order valence-corrected chi connectivity index (χ1v) is 8.82. The minimum absolute atomic E-state index is 0. The summed E-state index contributed by atoms with van der Waals surface area (Å²) in [7, 11) is 1.71. The number of aliphatic imine (C=N–C) groups is 1. The molecule has 0 aliphatic heterocycles. The Labute approximate surface area is 170 Å². The summed E-state index contributed by atoms with van der Waals surface area (Å²) in [5.74, 6) is 1.51. The van der Waals surface area contributed by atoms with Crippen molar-refractivity contribution in [3.8, 4) is 0 Å². The molecule has 0 amide bonds. The van der Waals surface area contributed by atoms with Gasteiger partial charge in [0.2, 0.25) is 0 Å². The minimum Gasteiger partial charge on any atom is -0.380 e. The number of nitrogens with one attached hydrogen (secondary N) is 2. The normalized spacial score (nSPS) is 11.3. The van der Waals surface area contributed by atoms with Crippen LogP contribution in [0, 0.1) is 5.92 Å². The average Bonchev–Trinajstić information content (AvgIpc) is 2.57. The molecular weight excluding hydrogens is 429 g/mol. The molecule has 144 valence electrons.